The standard InChI is InChI=1S/C26H31N3O/c1-20-11-13-23(14-12-20)26(30)29(24-9-4-3-5-10-24)19-25-27-15-16-28(25)18-22-8-6-7-21(2)17-22/h6-8,11-17,24H,3-5,9-10,18-19H2,1-2H3. The lowest BCUT2D eigenvalue weighted by Gasteiger charge is -2.34. The van der Waals surface area contributed by atoms with Gasteiger partial charge in [-0.25, -0.2) is 4.98 Å². The molecule has 156 valence electrons. The summed E-state index contributed by atoms with van der Waals surface area (Å²) in [7, 11) is 0. The minimum atomic E-state index is 0.118. The van der Waals surface area contributed by atoms with Gasteiger partial charge in [0.25, 0.3) is 5.91 Å². The van der Waals surface area contributed by atoms with Gasteiger partial charge in [-0.3, -0.25) is 4.79 Å². The van der Waals surface area contributed by atoms with Gasteiger partial charge in [-0.1, -0.05) is 66.8 Å². The van der Waals surface area contributed by atoms with Gasteiger partial charge < -0.3 is 9.47 Å². The summed E-state index contributed by atoms with van der Waals surface area (Å²) >= 11 is 0. The van der Waals surface area contributed by atoms with Gasteiger partial charge in [-0.05, 0) is 44.4 Å². The van der Waals surface area contributed by atoms with E-state index in [9.17, 15) is 4.79 Å². The van der Waals surface area contributed by atoms with Crippen LogP contribution < -0.4 is 0 Å². The molecule has 0 saturated heterocycles. The van der Waals surface area contributed by atoms with Crippen molar-refractivity contribution in [2.45, 2.75) is 65.1 Å². The van der Waals surface area contributed by atoms with Crippen LogP contribution in [0, 0.1) is 13.8 Å². The minimum absolute atomic E-state index is 0.118. The molecule has 0 radical (unpaired) electrons. The third-order valence-electron chi connectivity index (χ3n) is 6.12. The number of hydrogen-bond acceptors (Lipinski definition) is 2. The van der Waals surface area contributed by atoms with Crippen LogP contribution in [0.5, 0.6) is 0 Å². The van der Waals surface area contributed by atoms with Crippen LogP contribution in [-0.4, -0.2) is 26.4 Å². The Bertz CT molecular complexity index is 984. The van der Waals surface area contributed by atoms with Gasteiger partial charge in [0, 0.05) is 30.5 Å². The van der Waals surface area contributed by atoms with Crippen molar-refractivity contribution in [2.75, 3.05) is 0 Å². The Kier molecular flexibility index (Phi) is 6.32. The normalized spacial score (nSPS) is 14.6. The Balaban J connectivity index is 1.58. The smallest absolute Gasteiger partial charge is 0.254 e. The lowest BCUT2D eigenvalue weighted by molar-refractivity contribution is 0.0605. The summed E-state index contributed by atoms with van der Waals surface area (Å²) in [4.78, 5) is 20.2. The van der Waals surface area contributed by atoms with Crippen LogP contribution in [0.15, 0.2) is 60.9 Å². The van der Waals surface area contributed by atoms with Crippen molar-refractivity contribution >= 4 is 5.91 Å². The fraction of sp³-hybridized carbons (Fsp3) is 0.385. The molecule has 0 N–H and O–H groups in total. The van der Waals surface area contributed by atoms with E-state index in [0.29, 0.717) is 6.54 Å². The Morgan fingerprint density at radius 3 is 2.53 bits per heavy atom. The molecule has 0 aliphatic heterocycles. The van der Waals surface area contributed by atoms with Crippen LogP contribution in [0.2, 0.25) is 0 Å². The maximum absolute atomic E-state index is 13.5. The molecule has 2 aromatic carbocycles. The van der Waals surface area contributed by atoms with Crippen molar-refractivity contribution in [3.8, 4) is 0 Å². The number of carbonyl (C=O) groups excluding carboxylic acids is 1. The third kappa shape index (κ3) is 4.81. The Morgan fingerprint density at radius 1 is 1.03 bits per heavy atom. The summed E-state index contributed by atoms with van der Waals surface area (Å²) in [6.45, 7) is 5.49. The van der Waals surface area contributed by atoms with Crippen LogP contribution in [0.4, 0.5) is 0 Å². The third-order valence-corrected chi connectivity index (χ3v) is 6.12. The molecular weight excluding hydrogens is 370 g/mol. The molecule has 0 atom stereocenters. The number of amides is 1. The zero-order valence-corrected chi connectivity index (χ0v) is 18.1. The second kappa shape index (κ2) is 9.29. The van der Waals surface area contributed by atoms with E-state index in [1.807, 2.05) is 36.7 Å². The number of hydrogen-bond donors (Lipinski definition) is 0. The van der Waals surface area contributed by atoms with E-state index < -0.39 is 0 Å². The predicted molar refractivity (Wildman–Crippen MR) is 120 cm³/mol. The lowest BCUT2D eigenvalue weighted by atomic mass is 9.93. The van der Waals surface area contributed by atoms with E-state index in [1.54, 1.807) is 0 Å². The lowest BCUT2D eigenvalue weighted by Crippen LogP contribution is -2.41. The summed E-state index contributed by atoms with van der Waals surface area (Å²) in [6, 6.07) is 16.8. The van der Waals surface area contributed by atoms with Crippen molar-refractivity contribution in [1.82, 2.24) is 14.5 Å². The van der Waals surface area contributed by atoms with E-state index in [4.69, 9.17) is 0 Å². The first kappa shape index (κ1) is 20.4. The molecule has 1 aromatic heterocycles. The molecule has 1 fully saturated rings. The molecule has 4 nitrogen and oxygen atoms in total. The van der Waals surface area contributed by atoms with Crippen LogP contribution in [0.1, 0.15) is 65.0 Å². The van der Waals surface area contributed by atoms with Crippen molar-refractivity contribution in [2.24, 2.45) is 0 Å². The number of rotatable bonds is 6. The fourth-order valence-electron chi connectivity index (χ4n) is 4.42. The van der Waals surface area contributed by atoms with E-state index in [2.05, 4.69) is 52.6 Å². The van der Waals surface area contributed by atoms with Gasteiger partial charge in [0.05, 0.1) is 6.54 Å². The second-order valence-electron chi connectivity index (χ2n) is 8.55. The predicted octanol–water partition coefficient (Wildman–Crippen LogP) is 5.52. The summed E-state index contributed by atoms with van der Waals surface area (Å²) in [5.41, 5.74) is 4.45. The summed E-state index contributed by atoms with van der Waals surface area (Å²) in [6.07, 6.45) is 9.69. The van der Waals surface area contributed by atoms with Gasteiger partial charge in [0.15, 0.2) is 0 Å². The molecule has 0 spiro atoms. The zero-order chi connectivity index (χ0) is 20.9. The Hall–Kier alpha value is -2.88. The minimum Gasteiger partial charge on any atom is -0.329 e. The molecule has 1 aliphatic rings. The highest BCUT2D eigenvalue weighted by atomic mass is 16.2. The van der Waals surface area contributed by atoms with E-state index in [-0.39, 0.29) is 11.9 Å². The van der Waals surface area contributed by atoms with Crippen LogP contribution in [-0.2, 0) is 13.1 Å². The molecule has 1 aliphatic carbocycles. The first-order valence-electron chi connectivity index (χ1n) is 11.0. The molecular formula is C26H31N3O. The highest BCUT2D eigenvalue weighted by molar-refractivity contribution is 5.94. The van der Waals surface area contributed by atoms with Gasteiger partial charge in [-0.2, -0.15) is 0 Å². The van der Waals surface area contributed by atoms with Gasteiger partial charge in [-0.15, -0.1) is 0 Å². The highest BCUT2D eigenvalue weighted by Gasteiger charge is 2.27. The van der Waals surface area contributed by atoms with Crippen molar-refractivity contribution in [3.05, 3.63) is 89.0 Å². The first-order chi connectivity index (χ1) is 14.6. The van der Waals surface area contributed by atoms with Crippen molar-refractivity contribution in [3.63, 3.8) is 0 Å². The fourth-order valence-corrected chi connectivity index (χ4v) is 4.42. The van der Waals surface area contributed by atoms with Crippen LogP contribution in [0.3, 0.4) is 0 Å². The second-order valence-corrected chi connectivity index (χ2v) is 8.55. The van der Waals surface area contributed by atoms with E-state index >= 15 is 0 Å². The van der Waals surface area contributed by atoms with E-state index in [0.717, 1.165) is 30.8 Å². The molecule has 30 heavy (non-hydrogen) atoms. The van der Waals surface area contributed by atoms with E-state index in [1.165, 1.54) is 36.0 Å². The van der Waals surface area contributed by atoms with Gasteiger partial charge in [0.2, 0.25) is 0 Å². The SMILES string of the molecule is Cc1ccc(C(=O)N(Cc2nccn2Cc2cccc(C)c2)C2CCCCC2)cc1. The summed E-state index contributed by atoms with van der Waals surface area (Å²) in [5.74, 6) is 1.06. The number of imidazole rings is 1. The first-order valence-corrected chi connectivity index (χ1v) is 11.0. The largest absolute Gasteiger partial charge is 0.329 e. The molecule has 0 bridgehead atoms. The number of nitrogens with zero attached hydrogens (tertiary/aromatic N) is 3. The van der Waals surface area contributed by atoms with Gasteiger partial charge in [0.1, 0.15) is 5.82 Å². The molecule has 0 unspecified atom stereocenters. The van der Waals surface area contributed by atoms with Gasteiger partial charge >= 0.3 is 0 Å². The zero-order valence-electron chi connectivity index (χ0n) is 18.1. The Labute approximate surface area is 179 Å². The Morgan fingerprint density at radius 2 is 1.80 bits per heavy atom. The number of benzene rings is 2. The molecule has 3 aromatic rings. The van der Waals surface area contributed by atoms with Crippen LogP contribution >= 0.6 is 0 Å². The number of aromatic nitrogens is 2. The maximum atomic E-state index is 13.5. The number of aryl methyl sites for hydroxylation is 2. The molecule has 1 amide bonds. The maximum Gasteiger partial charge on any atom is 0.254 e. The number of carbonyl (C=O) groups is 1. The topological polar surface area (TPSA) is 38.1 Å². The summed E-state index contributed by atoms with van der Waals surface area (Å²) < 4.78 is 2.17. The quantitative estimate of drug-likeness (QED) is 0.545. The monoisotopic (exact) mass is 401 g/mol. The van der Waals surface area contributed by atoms with Crippen LogP contribution in [0.25, 0.3) is 0 Å². The molecule has 4 heteroatoms. The molecule has 4 rings (SSSR count). The average Bonchev–Trinajstić information content (AvgIpc) is 3.19. The molecule has 1 saturated carbocycles. The van der Waals surface area contributed by atoms with Crippen molar-refractivity contribution in [1.29, 1.82) is 0 Å². The highest BCUT2D eigenvalue weighted by Crippen LogP contribution is 2.26. The van der Waals surface area contributed by atoms with Crippen molar-refractivity contribution < 1.29 is 4.79 Å². The molecule has 1 heterocycles. The summed E-state index contributed by atoms with van der Waals surface area (Å²) in [5, 5.41) is 0. The average molecular weight is 402 g/mol.